The van der Waals surface area contributed by atoms with E-state index in [9.17, 15) is 9.00 Å². The standard InChI is InChI=1S/C12H15Br2NO2S/c1-8(18(2)17)5-6-15-12(16)10-7-9(13)3-4-11(10)14/h3-4,7-8H,5-6H2,1-2H3,(H,15,16). The second kappa shape index (κ2) is 7.40. The van der Waals surface area contributed by atoms with Crippen LogP contribution < -0.4 is 5.32 Å². The molecule has 0 aliphatic carbocycles. The summed E-state index contributed by atoms with van der Waals surface area (Å²) in [5.74, 6) is -0.128. The number of hydrogen-bond acceptors (Lipinski definition) is 2. The molecule has 0 spiro atoms. The molecule has 2 atom stereocenters. The van der Waals surface area contributed by atoms with Gasteiger partial charge in [-0.05, 0) is 40.5 Å². The predicted molar refractivity (Wildman–Crippen MR) is 82.3 cm³/mol. The molecule has 1 amide bonds. The minimum Gasteiger partial charge on any atom is -0.352 e. The summed E-state index contributed by atoms with van der Waals surface area (Å²) in [6, 6.07) is 5.45. The van der Waals surface area contributed by atoms with Crippen molar-refractivity contribution in [2.75, 3.05) is 12.8 Å². The number of benzene rings is 1. The van der Waals surface area contributed by atoms with E-state index in [1.165, 1.54) is 0 Å². The highest BCUT2D eigenvalue weighted by Gasteiger charge is 2.11. The third-order valence-electron chi connectivity index (χ3n) is 2.58. The normalized spacial score (nSPS) is 14.0. The predicted octanol–water partition coefficient (Wildman–Crippen LogP) is 3.10. The molecule has 18 heavy (non-hydrogen) atoms. The molecule has 0 radical (unpaired) electrons. The Morgan fingerprint density at radius 2 is 2.11 bits per heavy atom. The van der Waals surface area contributed by atoms with Gasteiger partial charge in [0.25, 0.3) is 5.91 Å². The van der Waals surface area contributed by atoms with Crippen LogP contribution in [0.15, 0.2) is 27.1 Å². The first kappa shape index (κ1) is 15.9. The summed E-state index contributed by atoms with van der Waals surface area (Å²) in [5.41, 5.74) is 0.592. The number of carbonyl (C=O) groups is 1. The first-order chi connectivity index (χ1) is 8.41. The Labute approximate surface area is 126 Å². The van der Waals surface area contributed by atoms with E-state index in [0.29, 0.717) is 18.5 Å². The molecule has 0 heterocycles. The summed E-state index contributed by atoms with van der Waals surface area (Å²) in [7, 11) is -0.846. The van der Waals surface area contributed by atoms with Crippen molar-refractivity contribution in [1.82, 2.24) is 5.32 Å². The van der Waals surface area contributed by atoms with Gasteiger partial charge in [-0.2, -0.15) is 0 Å². The van der Waals surface area contributed by atoms with Crippen LogP contribution in [0.4, 0.5) is 0 Å². The van der Waals surface area contributed by atoms with Gasteiger partial charge in [0, 0.05) is 37.8 Å². The summed E-state index contributed by atoms with van der Waals surface area (Å²) in [4.78, 5) is 11.9. The van der Waals surface area contributed by atoms with E-state index in [1.54, 1.807) is 12.3 Å². The smallest absolute Gasteiger partial charge is 0.252 e. The molecule has 0 saturated heterocycles. The van der Waals surface area contributed by atoms with Gasteiger partial charge in [0.15, 0.2) is 0 Å². The molecule has 0 aliphatic rings. The quantitative estimate of drug-likeness (QED) is 0.831. The monoisotopic (exact) mass is 395 g/mol. The van der Waals surface area contributed by atoms with Crippen molar-refractivity contribution in [2.45, 2.75) is 18.6 Å². The SMILES string of the molecule is CC(CCNC(=O)c1cc(Br)ccc1Br)S(C)=O. The molecule has 6 heteroatoms. The van der Waals surface area contributed by atoms with Gasteiger partial charge >= 0.3 is 0 Å². The third kappa shape index (κ3) is 4.82. The highest BCUT2D eigenvalue weighted by atomic mass is 79.9. The van der Waals surface area contributed by atoms with E-state index in [4.69, 9.17) is 0 Å². The Kier molecular flexibility index (Phi) is 6.52. The van der Waals surface area contributed by atoms with E-state index in [1.807, 2.05) is 19.1 Å². The van der Waals surface area contributed by atoms with E-state index < -0.39 is 10.8 Å². The van der Waals surface area contributed by atoms with E-state index in [2.05, 4.69) is 37.2 Å². The van der Waals surface area contributed by atoms with Crippen LogP contribution in [0.25, 0.3) is 0 Å². The average molecular weight is 397 g/mol. The Balaban J connectivity index is 2.55. The molecule has 0 aromatic heterocycles. The minimum atomic E-state index is -0.846. The summed E-state index contributed by atoms with van der Waals surface area (Å²) < 4.78 is 12.8. The molecule has 100 valence electrons. The van der Waals surface area contributed by atoms with Crippen molar-refractivity contribution in [3.63, 3.8) is 0 Å². The Bertz CT molecular complexity index is 465. The maximum Gasteiger partial charge on any atom is 0.252 e. The molecule has 1 rings (SSSR count). The summed E-state index contributed by atoms with van der Waals surface area (Å²) in [5, 5.41) is 2.92. The van der Waals surface area contributed by atoms with Gasteiger partial charge in [-0.15, -0.1) is 0 Å². The van der Waals surface area contributed by atoms with Crippen molar-refractivity contribution in [3.8, 4) is 0 Å². The van der Waals surface area contributed by atoms with Gasteiger partial charge in [-0.1, -0.05) is 22.9 Å². The Morgan fingerprint density at radius 1 is 1.44 bits per heavy atom. The summed E-state index contributed by atoms with van der Waals surface area (Å²) in [6.07, 6.45) is 2.39. The van der Waals surface area contributed by atoms with Crippen LogP contribution in [0.5, 0.6) is 0 Å². The molecule has 1 aromatic carbocycles. The maximum atomic E-state index is 11.9. The van der Waals surface area contributed by atoms with Gasteiger partial charge < -0.3 is 5.32 Å². The fraction of sp³-hybridized carbons (Fsp3) is 0.417. The second-order valence-electron chi connectivity index (χ2n) is 3.98. The minimum absolute atomic E-state index is 0.0938. The lowest BCUT2D eigenvalue weighted by atomic mass is 10.2. The highest BCUT2D eigenvalue weighted by molar-refractivity contribution is 9.11. The zero-order chi connectivity index (χ0) is 13.7. The fourth-order valence-electron chi connectivity index (χ4n) is 1.32. The lowest BCUT2D eigenvalue weighted by Gasteiger charge is -2.10. The van der Waals surface area contributed by atoms with Crippen LogP contribution in [-0.4, -0.2) is 28.2 Å². The van der Waals surface area contributed by atoms with Gasteiger partial charge in [0.05, 0.1) is 5.56 Å². The molecule has 3 nitrogen and oxygen atoms in total. The van der Waals surface area contributed by atoms with E-state index in [-0.39, 0.29) is 11.2 Å². The van der Waals surface area contributed by atoms with E-state index in [0.717, 1.165) is 8.95 Å². The molecule has 2 unspecified atom stereocenters. The van der Waals surface area contributed by atoms with E-state index >= 15 is 0 Å². The molecule has 0 saturated carbocycles. The number of halogens is 2. The Hall–Kier alpha value is -0.200. The van der Waals surface area contributed by atoms with Crippen molar-refractivity contribution in [3.05, 3.63) is 32.7 Å². The van der Waals surface area contributed by atoms with Crippen LogP contribution >= 0.6 is 31.9 Å². The molecular weight excluding hydrogens is 382 g/mol. The first-order valence-corrected chi connectivity index (χ1v) is 8.68. The molecule has 1 aromatic rings. The molecular formula is C12H15Br2NO2S. The third-order valence-corrected chi connectivity index (χ3v) is 5.13. The van der Waals surface area contributed by atoms with Crippen LogP contribution in [0, 0.1) is 0 Å². The van der Waals surface area contributed by atoms with Crippen molar-refractivity contribution in [2.24, 2.45) is 0 Å². The number of amides is 1. The fourth-order valence-corrected chi connectivity index (χ4v) is 2.56. The highest BCUT2D eigenvalue weighted by Crippen LogP contribution is 2.21. The van der Waals surface area contributed by atoms with Gasteiger partial charge in [0.2, 0.25) is 0 Å². The topological polar surface area (TPSA) is 46.2 Å². The number of rotatable bonds is 5. The molecule has 1 N–H and O–H groups in total. The number of carbonyl (C=O) groups excluding carboxylic acids is 1. The van der Waals surface area contributed by atoms with Crippen LogP contribution in [0.1, 0.15) is 23.7 Å². The zero-order valence-corrected chi connectivity index (χ0v) is 14.2. The largest absolute Gasteiger partial charge is 0.352 e. The van der Waals surface area contributed by atoms with Gasteiger partial charge in [-0.3, -0.25) is 9.00 Å². The second-order valence-corrected chi connectivity index (χ2v) is 7.55. The molecule has 0 aliphatic heterocycles. The van der Waals surface area contributed by atoms with Gasteiger partial charge in [-0.25, -0.2) is 0 Å². The first-order valence-electron chi connectivity index (χ1n) is 5.47. The molecule has 0 fully saturated rings. The van der Waals surface area contributed by atoms with Crippen LogP contribution in [0.2, 0.25) is 0 Å². The van der Waals surface area contributed by atoms with Crippen molar-refractivity contribution in [1.29, 1.82) is 0 Å². The lowest BCUT2D eigenvalue weighted by molar-refractivity contribution is 0.0952. The van der Waals surface area contributed by atoms with Crippen molar-refractivity contribution < 1.29 is 9.00 Å². The maximum absolute atomic E-state index is 11.9. The van der Waals surface area contributed by atoms with Crippen molar-refractivity contribution >= 4 is 48.6 Å². The van der Waals surface area contributed by atoms with Crippen LogP contribution in [0.3, 0.4) is 0 Å². The number of hydrogen-bond donors (Lipinski definition) is 1. The van der Waals surface area contributed by atoms with Gasteiger partial charge in [0.1, 0.15) is 0 Å². The summed E-state index contributed by atoms with van der Waals surface area (Å²) in [6.45, 7) is 2.44. The summed E-state index contributed by atoms with van der Waals surface area (Å²) >= 11 is 6.68. The average Bonchev–Trinajstić information content (AvgIpc) is 2.31. The zero-order valence-electron chi connectivity index (χ0n) is 10.2. The lowest BCUT2D eigenvalue weighted by Crippen LogP contribution is -2.27. The van der Waals surface area contributed by atoms with Crippen LogP contribution in [-0.2, 0) is 10.8 Å². The number of nitrogens with one attached hydrogen (secondary N) is 1. The molecule has 0 bridgehead atoms. The Morgan fingerprint density at radius 3 is 2.72 bits per heavy atom.